The fourth-order valence-corrected chi connectivity index (χ4v) is 2.46. The minimum atomic E-state index is -0.642. The second kappa shape index (κ2) is 6.44. The maximum Gasteiger partial charge on any atom is 0.273 e. The number of carbonyl (C=O) groups is 2. The Hall–Kier alpha value is -3.68. The molecule has 126 valence electrons. The number of hydrogen-bond acceptors (Lipinski definition) is 4. The fraction of sp³-hybridized carbons (Fsp3) is 0.0588. The van der Waals surface area contributed by atoms with E-state index in [1.54, 1.807) is 25.3 Å². The normalized spacial score (nSPS) is 10.4. The third kappa shape index (κ3) is 3.18. The van der Waals surface area contributed by atoms with Crippen LogP contribution in [0.25, 0.3) is 10.9 Å². The molecule has 0 radical (unpaired) electrons. The largest absolute Gasteiger partial charge is 0.360 e. The molecule has 0 aliphatic carbocycles. The minimum absolute atomic E-state index is 0.0801. The highest BCUT2D eigenvalue weighted by Gasteiger charge is 2.16. The van der Waals surface area contributed by atoms with Gasteiger partial charge < -0.3 is 4.98 Å². The van der Waals surface area contributed by atoms with Crippen molar-refractivity contribution < 1.29 is 14.5 Å². The molecule has 0 atom stereocenters. The number of aromatic amines is 1. The summed E-state index contributed by atoms with van der Waals surface area (Å²) in [7, 11) is 0. The lowest BCUT2D eigenvalue weighted by atomic mass is 10.1. The van der Waals surface area contributed by atoms with E-state index < -0.39 is 16.7 Å². The number of hydrogen-bond donors (Lipinski definition) is 3. The van der Waals surface area contributed by atoms with E-state index in [0.717, 1.165) is 10.9 Å². The molecule has 3 rings (SSSR count). The first kappa shape index (κ1) is 16.2. The molecule has 0 bridgehead atoms. The molecule has 8 heteroatoms. The molecule has 0 aliphatic rings. The predicted molar refractivity (Wildman–Crippen MR) is 91.1 cm³/mol. The smallest absolute Gasteiger partial charge is 0.273 e. The van der Waals surface area contributed by atoms with Gasteiger partial charge in [0.05, 0.1) is 10.5 Å². The van der Waals surface area contributed by atoms with Gasteiger partial charge >= 0.3 is 0 Å². The number of aromatic nitrogens is 1. The van der Waals surface area contributed by atoms with Crippen molar-refractivity contribution in [2.75, 3.05) is 0 Å². The van der Waals surface area contributed by atoms with Crippen molar-refractivity contribution in [1.29, 1.82) is 0 Å². The van der Waals surface area contributed by atoms with Crippen LogP contribution in [0.15, 0.2) is 48.7 Å². The maximum atomic E-state index is 12.2. The number of benzene rings is 2. The summed E-state index contributed by atoms with van der Waals surface area (Å²) < 4.78 is 0. The number of nitro groups is 1. The van der Waals surface area contributed by atoms with Crippen LogP contribution in [0.5, 0.6) is 0 Å². The van der Waals surface area contributed by atoms with E-state index in [4.69, 9.17) is 0 Å². The van der Waals surface area contributed by atoms with Crippen molar-refractivity contribution in [3.63, 3.8) is 0 Å². The Morgan fingerprint density at radius 2 is 1.80 bits per heavy atom. The highest BCUT2D eigenvalue weighted by atomic mass is 16.6. The number of hydrazine groups is 1. The third-order valence-electron chi connectivity index (χ3n) is 3.79. The van der Waals surface area contributed by atoms with Gasteiger partial charge in [0.15, 0.2) is 0 Å². The summed E-state index contributed by atoms with van der Waals surface area (Å²) >= 11 is 0. The van der Waals surface area contributed by atoms with Crippen molar-refractivity contribution in [3.8, 4) is 0 Å². The number of H-pyrrole nitrogens is 1. The van der Waals surface area contributed by atoms with E-state index in [1.807, 2.05) is 12.1 Å². The van der Waals surface area contributed by atoms with Gasteiger partial charge in [-0.3, -0.25) is 30.6 Å². The molecule has 1 aromatic heterocycles. The second-order valence-corrected chi connectivity index (χ2v) is 5.41. The zero-order chi connectivity index (χ0) is 18.0. The van der Waals surface area contributed by atoms with Gasteiger partial charge in [-0.25, -0.2) is 0 Å². The molecule has 2 aromatic carbocycles. The van der Waals surface area contributed by atoms with Crippen LogP contribution < -0.4 is 10.9 Å². The molecule has 0 aliphatic heterocycles. The highest BCUT2D eigenvalue weighted by molar-refractivity contribution is 6.07. The summed E-state index contributed by atoms with van der Waals surface area (Å²) in [6, 6.07) is 11.4. The molecule has 0 spiro atoms. The zero-order valence-electron chi connectivity index (χ0n) is 13.2. The van der Waals surface area contributed by atoms with Crippen LogP contribution in [0.4, 0.5) is 5.69 Å². The van der Waals surface area contributed by atoms with Crippen LogP contribution in [0.1, 0.15) is 26.3 Å². The Labute approximate surface area is 142 Å². The van der Waals surface area contributed by atoms with Gasteiger partial charge in [0, 0.05) is 34.3 Å². The number of nitro benzene ring substituents is 1. The highest BCUT2D eigenvalue weighted by Crippen LogP contribution is 2.19. The van der Waals surface area contributed by atoms with Crippen LogP contribution in [-0.2, 0) is 0 Å². The topological polar surface area (TPSA) is 117 Å². The SMILES string of the molecule is Cc1ccc(C(=O)NNC(=O)c2c[nH]c3ccccc23)cc1[N+](=O)[O-]. The van der Waals surface area contributed by atoms with Gasteiger partial charge in [-0.15, -0.1) is 0 Å². The van der Waals surface area contributed by atoms with Gasteiger partial charge in [0.2, 0.25) is 0 Å². The van der Waals surface area contributed by atoms with E-state index in [2.05, 4.69) is 15.8 Å². The first-order valence-electron chi connectivity index (χ1n) is 7.39. The van der Waals surface area contributed by atoms with Crippen LogP contribution in [0.2, 0.25) is 0 Å². The molecule has 0 saturated heterocycles. The van der Waals surface area contributed by atoms with Gasteiger partial charge in [0.1, 0.15) is 0 Å². The quantitative estimate of drug-likeness (QED) is 0.502. The van der Waals surface area contributed by atoms with Gasteiger partial charge in [-0.2, -0.15) is 0 Å². The molecule has 2 amide bonds. The van der Waals surface area contributed by atoms with Crippen LogP contribution in [-0.4, -0.2) is 21.7 Å². The third-order valence-corrected chi connectivity index (χ3v) is 3.79. The van der Waals surface area contributed by atoms with Crippen molar-refractivity contribution in [2.24, 2.45) is 0 Å². The van der Waals surface area contributed by atoms with Gasteiger partial charge in [0.25, 0.3) is 17.5 Å². The summed E-state index contributed by atoms with van der Waals surface area (Å²) in [6.45, 7) is 1.58. The summed E-state index contributed by atoms with van der Waals surface area (Å²) in [4.78, 5) is 37.7. The average molecular weight is 338 g/mol. The van der Waals surface area contributed by atoms with E-state index in [9.17, 15) is 19.7 Å². The number of rotatable bonds is 3. The van der Waals surface area contributed by atoms with E-state index in [1.165, 1.54) is 18.2 Å². The number of aryl methyl sites for hydroxylation is 1. The lowest BCUT2D eigenvalue weighted by Gasteiger charge is -2.07. The van der Waals surface area contributed by atoms with Crippen molar-refractivity contribution in [2.45, 2.75) is 6.92 Å². The Kier molecular flexibility index (Phi) is 4.17. The summed E-state index contributed by atoms with van der Waals surface area (Å²) in [5, 5.41) is 11.7. The first-order chi connectivity index (χ1) is 12.0. The molecular weight excluding hydrogens is 324 g/mol. The van der Waals surface area contributed by atoms with E-state index in [0.29, 0.717) is 11.1 Å². The number of amides is 2. The zero-order valence-corrected chi connectivity index (χ0v) is 13.2. The van der Waals surface area contributed by atoms with Crippen LogP contribution in [0.3, 0.4) is 0 Å². The molecule has 0 saturated carbocycles. The molecule has 3 N–H and O–H groups in total. The molecule has 25 heavy (non-hydrogen) atoms. The van der Waals surface area contributed by atoms with Crippen molar-refractivity contribution in [3.05, 3.63) is 75.5 Å². The molecular formula is C17H14N4O4. The molecule has 3 aromatic rings. The predicted octanol–water partition coefficient (Wildman–Crippen LogP) is 2.46. The summed E-state index contributed by atoms with van der Waals surface area (Å²) in [5.41, 5.74) is 6.12. The summed E-state index contributed by atoms with van der Waals surface area (Å²) in [5.74, 6) is -1.14. The Morgan fingerprint density at radius 1 is 1.08 bits per heavy atom. The number of fused-ring (bicyclic) bond motifs is 1. The Balaban J connectivity index is 1.73. The fourth-order valence-electron chi connectivity index (χ4n) is 2.46. The van der Waals surface area contributed by atoms with Crippen LogP contribution in [0, 0.1) is 17.0 Å². The monoisotopic (exact) mass is 338 g/mol. The van der Waals surface area contributed by atoms with E-state index >= 15 is 0 Å². The molecule has 1 heterocycles. The molecule has 8 nitrogen and oxygen atoms in total. The van der Waals surface area contributed by atoms with E-state index in [-0.39, 0.29) is 11.3 Å². The minimum Gasteiger partial charge on any atom is -0.360 e. The standard InChI is InChI=1S/C17H14N4O4/c1-10-6-7-11(8-15(10)21(24)25)16(22)19-20-17(23)13-9-18-14-5-3-2-4-12(13)14/h2-9,18H,1H3,(H,19,22)(H,20,23). The van der Waals surface area contributed by atoms with Crippen LogP contribution >= 0.6 is 0 Å². The number of para-hydroxylation sites is 1. The molecule has 0 fully saturated rings. The van der Waals surface area contributed by atoms with Gasteiger partial charge in [-0.1, -0.05) is 24.3 Å². The average Bonchev–Trinajstić information content (AvgIpc) is 3.03. The summed E-state index contributed by atoms with van der Waals surface area (Å²) in [6.07, 6.45) is 1.54. The number of nitrogens with zero attached hydrogens (tertiary/aromatic N) is 1. The number of nitrogens with one attached hydrogen (secondary N) is 3. The second-order valence-electron chi connectivity index (χ2n) is 5.41. The van der Waals surface area contributed by atoms with Crippen molar-refractivity contribution in [1.82, 2.24) is 15.8 Å². The van der Waals surface area contributed by atoms with Gasteiger partial charge in [-0.05, 0) is 19.1 Å². The Morgan fingerprint density at radius 3 is 2.56 bits per heavy atom. The first-order valence-corrected chi connectivity index (χ1v) is 7.39. The lowest BCUT2D eigenvalue weighted by Crippen LogP contribution is -2.41. The maximum absolute atomic E-state index is 12.2. The molecule has 0 unspecified atom stereocenters. The lowest BCUT2D eigenvalue weighted by molar-refractivity contribution is -0.385. The van der Waals surface area contributed by atoms with Crippen molar-refractivity contribution >= 4 is 28.4 Å². The Bertz CT molecular complexity index is 993. The number of carbonyl (C=O) groups excluding carboxylic acids is 2.